The van der Waals surface area contributed by atoms with Crippen LogP contribution in [0, 0.1) is 18.8 Å². The second kappa shape index (κ2) is 7.46. The van der Waals surface area contributed by atoms with E-state index in [2.05, 4.69) is 17.3 Å². The number of aryl methyl sites for hydroxylation is 2. The summed E-state index contributed by atoms with van der Waals surface area (Å²) in [6.45, 7) is 6.40. The van der Waals surface area contributed by atoms with Gasteiger partial charge >= 0.3 is 0 Å². The second-order valence-electron chi connectivity index (χ2n) is 6.14. The van der Waals surface area contributed by atoms with Crippen LogP contribution in [0.2, 0.25) is 5.02 Å². The first-order valence-electron chi connectivity index (χ1n) is 8.02. The predicted octanol–water partition coefficient (Wildman–Crippen LogP) is 3.73. The minimum Gasteiger partial charge on any atom is -0.317 e. The molecular formula is C16H28ClN3. The molecule has 1 aliphatic rings. The van der Waals surface area contributed by atoms with Crippen molar-refractivity contribution in [1.29, 1.82) is 0 Å². The molecule has 1 aromatic heterocycles. The van der Waals surface area contributed by atoms with Crippen LogP contribution in [0.4, 0.5) is 0 Å². The third-order valence-electron chi connectivity index (χ3n) is 4.69. The van der Waals surface area contributed by atoms with Crippen LogP contribution in [0.3, 0.4) is 0 Å². The van der Waals surface area contributed by atoms with E-state index in [4.69, 9.17) is 11.6 Å². The van der Waals surface area contributed by atoms with Crippen molar-refractivity contribution in [3.05, 3.63) is 16.4 Å². The van der Waals surface area contributed by atoms with Gasteiger partial charge in [-0.1, -0.05) is 37.8 Å². The number of halogens is 1. The smallest absolute Gasteiger partial charge is 0.0847 e. The fourth-order valence-electron chi connectivity index (χ4n) is 3.48. The molecule has 1 aliphatic carbocycles. The third-order valence-corrected chi connectivity index (χ3v) is 5.18. The highest BCUT2D eigenvalue weighted by molar-refractivity contribution is 6.31. The monoisotopic (exact) mass is 297 g/mol. The van der Waals surface area contributed by atoms with E-state index < -0.39 is 0 Å². The summed E-state index contributed by atoms with van der Waals surface area (Å²) in [7, 11) is 2.02. The summed E-state index contributed by atoms with van der Waals surface area (Å²) in [4.78, 5) is 0. The number of hydrogen-bond donors (Lipinski definition) is 1. The van der Waals surface area contributed by atoms with E-state index in [0.29, 0.717) is 0 Å². The molecule has 0 aliphatic heterocycles. The molecule has 1 N–H and O–H groups in total. The zero-order valence-electron chi connectivity index (χ0n) is 13.1. The zero-order chi connectivity index (χ0) is 14.5. The lowest BCUT2D eigenvalue weighted by molar-refractivity contribution is 0.295. The van der Waals surface area contributed by atoms with E-state index in [1.54, 1.807) is 0 Å². The van der Waals surface area contributed by atoms with Gasteiger partial charge in [-0.05, 0) is 51.1 Å². The van der Waals surface area contributed by atoms with E-state index in [9.17, 15) is 0 Å². The molecule has 0 bridgehead atoms. The summed E-state index contributed by atoms with van der Waals surface area (Å²) in [5.41, 5.74) is 2.18. The second-order valence-corrected chi connectivity index (χ2v) is 6.52. The summed E-state index contributed by atoms with van der Waals surface area (Å²) in [6.07, 6.45) is 7.89. The Morgan fingerprint density at radius 2 is 1.95 bits per heavy atom. The molecule has 114 valence electrons. The van der Waals surface area contributed by atoms with Gasteiger partial charge in [0.2, 0.25) is 0 Å². The first-order valence-corrected chi connectivity index (χ1v) is 8.40. The van der Waals surface area contributed by atoms with Crippen molar-refractivity contribution in [2.24, 2.45) is 18.9 Å². The van der Waals surface area contributed by atoms with Gasteiger partial charge in [0.25, 0.3) is 0 Å². The average molecular weight is 298 g/mol. The minimum atomic E-state index is 0.740. The van der Waals surface area contributed by atoms with Crippen LogP contribution in [0.15, 0.2) is 0 Å². The van der Waals surface area contributed by atoms with Crippen LogP contribution >= 0.6 is 11.6 Å². The summed E-state index contributed by atoms with van der Waals surface area (Å²) in [5.74, 6) is 1.52. The van der Waals surface area contributed by atoms with Crippen LogP contribution in [0.5, 0.6) is 0 Å². The van der Waals surface area contributed by atoms with Crippen molar-refractivity contribution in [2.45, 2.75) is 52.4 Å². The lowest BCUT2D eigenvalue weighted by Crippen LogP contribution is -2.29. The Balaban J connectivity index is 2.10. The Hall–Kier alpha value is -0.540. The molecule has 1 saturated carbocycles. The van der Waals surface area contributed by atoms with Crippen molar-refractivity contribution >= 4 is 11.6 Å². The Morgan fingerprint density at radius 3 is 2.55 bits per heavy atom. The van der Waals surface area contributed by atoms with Gasteiger partial charge in [-0.25, -0.2) is 0 Å². The fraction of sp³-hybridized carbons (Fsp3) is 0.812. The molecule has 1 fully saturated rings. The maximum atomic E-state index is 6.43. The van der Waals surface area contributed by atoms with E-state index >= 15 is 0 Å². The van der Waals surface area contributed by atoms with Crippen molar-refractivity contribution in [2.75, 3.05) is 13.1 Å². The molecule has 2 rings (SSSR count). The maximum Gasteiger partial charge on any atom is 0.0847 e. The predicted molar refractivity (Wildman–Crippen MR) is 85.3 cm³/mol. The number of hydrogen-bond acceptors (Lipinski definition) is 2. The topological polar surface area (TPSA) is 29.9 Å². The summed E-state index contributed by atoms with van der Waals surface area (Å²) < 4.78 is 1.98. The van der Waals surface area contributed by atoms with Gasteiger partial charge in [0, 0.05) is 7.05 Å². The molecule has 3 nitrogen and oxygen atoms in total. The molecule has 4 heteroatoms. The molecule has 0 amide bonds. The lowest BCUT2D eigenvalue weighted by Gasteiger charge is -2.25. The van der Waals surface area contributed by atoms with Crippen LogP contribution in [0.25, 0.3) is 0 Å². The molecule has 0 radical (unpaired) electrons. The first-order chi connectivity index (χ1) is 9.63. The third kappa shape index (κ3) is 3.76. The van der Waals surface area contributed by atoms with E-state index in [-0.39, 0.29) is 0 Å². The minimum absolute atomic E-state index is 0.740. The summed E-state index contributed by atoms with van der Waals surface area (Å²) in [5, 5.41) is 8.87. The van der Waals surface area contributed by atoms with Crippen LogP contribution in [-0.4, -0.2) is 22.9 Å². The van der Waals surface area contributed by atoms with Gasteiger partial charge in [0.1, 0.15) is 0 Å². The largest absolute Gasteiger partial charge is 0.317 e. The fourth-order valence-corrected chi connectivity index (χ4v) is 3.72. The molecule has 0 spiro atoms. The van der Waals surface area contributed by atoms with Crippen molar-refractivity contribution in [1.82, 2.24) is 15.1 Å². The molecule has 2 atom stereocenters. The van der Waals surface area contributed by atoms with Gasteiger partial charge in [0.15, 0.2) is 0 Å². The quantitative estimate of drug-likeness (QED) is 0.839. The summed E-state index contributed by atoms with van der Waals surface area (Å²) in [6, 6.07) is 0. The highest BCUT2D eigenvalue weighted by atomic mass is 35.5. The maximum absolute atomic E-state index is 6.43. The first kappa shape index (κ1) is 15.8. The molecule has 0 aromatic carbocycles. The molecule has 2 unspecified atom stereocenters. The van der Waals surface area contributed by atoms with Crippen molar-refractivity contribution in [3.8, 4) is 0 Å². The standard InChI is InChI=1S/C16H28ClN3/c1-4-18-11-14-9-7-5-6-8-13(14)10-15-16(17)12(2)19-20(15)3/h13-14,18H,4-11H2,1-3H3. The van der Waals surface area contributed by atoms with Crippen molar-refractivity contribution < 1.29 is 0 Å². The Kier molecular flexibility index (Phi) is 5.91. The molecule has 1 heterocycles. The van der Waals surface area contributed by atoms with E-state index in [1.807, 2.05) is 18.7 Å². The highest BCUT2D eigenvalue weighted by Gasteiger charge is 2.26. The normalized spacial score (nSPS) is 23.8. The number of aromatic nitrogens is 2. The van der Waals surface area contributed by atoms with Gasteiger partial charge in [-0.2, -0.15) is 5.10 Å². The summed E-state index contributed by atoms with van der Waals surface area (Å²) >= 11 is 6.43. The van der Waals surface area contributed by atoms with Crippen LogP contribution in [0.1, 0.15) is 50.4 Å². The lowest BCUT2D eigenvalue weighted by atomic mass is 9.84. The highest BCUT2D eigenvalue weighted by Crippen LogP contribution is 2.33. The molecule has 20 heavy (non-hydrogen) atoms. The molecule has 1 aromatic rings. The number of nitrogens with one attached hydrogen (secondary N) is 1. The Morgan fingerprint density at radius 1 is 1.25 bits per heavy atom. The van der Waals surface area contributed by atoms with Crippen LogP contribution < -0.4 is 5.32 Å². The molecule has 0 saturated heterocycles. The Bertz CT molecular complexity index is 428. The van der Waals surface area contributed by atoms with Gasteiger partial charge in [-0.15, -0.1) is 0 Å². The van der Waals surface area contributed by atoms with Crippen LogP contribution in [-0.2, 0) is 13.5 Å². The molecular weight excluding hydrogens is 270 g/mol. The number of nitrogens with zero attached hydrogens (tertiary/aromatic N) is 2. The van der Waals surface area contributed by atoms with Gasteiger partial charge < -0.3 is 5.32 Å². The van der Waals surface area contributed by atoms with Gasteiger partial charge in [0.05, 0.1) is 16.4 Å². The van der Waals surface area contributed by atoms with Crippen molar-refractivity contribution in [3.63, 3.8) is 0 Å². The van der Waals surface area contributed by atoms with E-state index in [1.165, 1.54) is 37.8 Å². The Labute approximate surface area is 128 Å². The number of rotatable bonds is 5. The SMILES string of the molecule is CCNCC1CCCCCC1Cc1c(Cl)c(C)nn1C. The average Bonchev–Trinajstić information content (AvgIpc) is 2.62. The zero-order valence-corrected chi connectivity index (χ0v) is 13.8. The van der Waals surface area contributed by atoms with E-state index in [0.717, 1.165) is 42.1 Å². The van der Waals surface area contributed by atoms with Gasteiger partial charge in [-0.3, -0.25) is 4.68 Å².